The minimum absolute atomic E-state index is 0.0227. The third-order valence-corrected chi connectivity index (χ3v) is 1.62. The maximum absolute atomic E-state index is 11.1. The van der Waals surface area contributed by atoms with Crippen molar-refractivity contribution in [2.24, 2.45) is 5.73 Å². The second-order valence-electron chi connectivity index (χ2n) is 2.60. The molecule has 12 heavy (non-hydrogen) atoms. The molecule has 0 heterocycles. The summed E-state index contributed by atoms with van der Waals surface area (Å²) in [7, 11) is 1.76. The van der Waals surface area contributed by atoms with Crippen molar-refractivity contribution in [3.63, 3.8) is 0 Å². The number of hydrogen-bond acceptors (Lipinski definition) is 3. The number of rotatable bonds is 6. The summed E-state index contributed by atoms with van der Waals surface area (Å²) in [6.45, 7) is 4.00. The van der Waals surface area contributed by atoms with Crippen molar-refractivity contribution in [1.29, 1.82) is 0 Å². The Hall–Kier alpha value is -0.610. The van der Waals surface area contributed by atoms with Crippen molar-refractivity contribution in [2.75, 3.05) is 33.4 Å². The second kappa shape index (κ2) is 7.06. The maximum Gasteiger partial charge on any atom is 0.248 e. The first kappa shape index (κ1) is 11.4. The topological polar surface area (TPSA) is 55.6 Å². The zero-order valence-corrected chi connectivity index (χ0v) is 7.88. The Kier molecular flexibility index (Phi) is 6.70. The van der Waals surface area contributed by atoms with Crippen LogP contribution in [0.4, 0.5) is 0 Å². The van der Waals surface area contributed by atoms with Crippen molar-refractivity contribution in [2.45, 2.75) is 13.3 Å². The predicted molar refractivity (Wildman–Crippen MR) is 47.8 cm³/mol. The van der Waals surface area contributed by atoms with Gasteiger partial charge < -0.3 is 15.4 Å². The van der Waals surface area contributed by atoms with Crippen LogP contribution in [-0.4, -0.2) is 44.2 Å². The highest BCUT2D eigenvalue weighted by Crippen LogP contribution is 1.86. The van der Waals surface area contributed by atoms with Gasteiger partial charge in [0.15, 0.2) is 0 Å². The number of nitrogens with zero attached hydrogens (tertiary/aromatic N) is 1. The van der Waals surface area contributed by atoms with E-state index in [-0.39, 0.29) is 12.5 Å². The molecular formula is C8H18N2O2. The Labute approximate surface area is 73.7 Å². The third-order valence-electron chi connectivity index (χ3n) is 1.62. The predicted octanol–water partition coefficient (Wildman–Crippen LogP) is -0.170. The summed E-state index contributed by atoms with van der Waals surface area (Å²) in [4.78, 5) is 12.7. The molecule has 0 radical (unpaired) electrons. The van der Waals surface area contributed by atoms with Crippen LogP contribution >= 0.6 is 0 Å². The molecule has 1 amide bonds. The normalized spacial score (nSPS) is 9.92. The van der Waals surface area contributed by atoms with E-state index >= 15 is 0 Å². The van der Waals surface area contributed by atoms with E-state index in [1.807, 2.05) is 6.92 Å². The fourth-order valence-corrected chi connectivity index (χ4v) is 0.631. The molecule has 2 N–H and O–H groups in total. The van der Waals surface area contributed by atoms with Gasteiger partial charge in [-0.15, -0.1) is 0 Å². The zero-order valence-electron chi connectivity index (χ0n) is 7.88. The van der Waals surface area contributed by atoms with E-state index in [0.29, 0.717) is 13.2 Å². The number of ether oxygens (including phenoxy) is 1. The number of likely N-dealkylation sites (N-methyl/N-ethyl adjacent to an activating group) is 1. The van der Waals surface area contributed by atoms with Gasteiger partial charge in [0.25, 0.3) is 0 Å². The molecule has 0 aromatic carbocycles. The maximum atomic E-state index is 11.1. The Balaban J connectivity index is 3.31. The molecule has 0 aromatic heterocycles. The highest BCUT2D eigenvalue weighted by atomic mass is 16.5. The number of carbonyl (C=O) groups excluding carboxylic acids is 1. The van der Waals surface area contributed by atoms with E-state index in [9.17, 15) is 4.79 Å². The van der Waals surface area contributed by atoms with Crippen molar-refractivity contribution >= 4 is 5.91 Å². The molecule has 0 aliphatic rings. The lowest BCUT2D eigenvalue weighted by molar-refractivity contribution is -0.134. The molecule has 4 heteroatoms. The summed E-state index contributed by atoms with van der Waals surface area (Å²) in [5.74, 6) is 0.0227. The van der Waals surface area contributed by atoms with E-state index in [1.54, 1.807) is 11.9 Å². The van der Waals surface area contributed by atoms with Gasteiger partial charge in [-0.2, -0.15) is 0 Å². The van der Waals surface area contributed by atoms with Crippen LogP contribution in [-0.2, 0) is 9.53 Å². The molecule has 0 unspecified atom stereocenters. The molecule has 0 atom stereocenters. The Morgan fingerprint density at radius 1 is 1.58 bits per heavy atom. The van der Waals surface area contributed by atoms with Crippen LogP contribution in [0.15, 0.2) is 0 Å². The quantitative estimate of drug-likeness (QED) is 0.569. The average Bonchev–Trinajstić information content (AvgIpc) is 2.10. The van der Waals surface area contributed by atoms with Gasteiger partial charge in [-0.3, -0.25) is 4.79 Å². The summed E-state index contributed by atoms with van der Waals surface area (Å²) in [6.07, 6.45) is 0.809. The molecule has 0 saturated heterocycles. The van der Waals surface area contributed by atoms with Gasteiger partial charge in [0.1, 0.15) is 6.61 Å². The van der Waals surface area contributed by atoms with E-state index < -0.39 is 0 Å². The van der Waals surface area contributed by atoms with Crippen molar-refractivity contribution in [1.82, 2.24) is 4.90 Å². The molecular weight excluding hydrogens is 156 g/mol. The van der Waals surface area contributed by atoms with Crippen LogP contribution in [0.1, 0.15) is 13.3 Å². The summed E-state index contributed by atoms with van der Waals surface area (Å²) < 4.78 is 5.09. The first-order valence-corrected chi connectivity index (χ1v) is 4.24. The van der Waals surface area contributed by atoms with Crippen molar-refractivity contribution in [3.05, 3.63) is 0 Å². The number of amides is 1. The first-order valence-electron chi connectivity index (χ1n) is 4.24. The van der Waals surface area contributed by atoms with Crippen LogP contribution in [0.5, 0.6) is 0 Å². The summed E-state index contributed by atoms with van der Waals surface area (Å²) >= 11 is 0. The van der Waals surface area contributed by atoms with E-state index in [2.05, 4.69) is 0 Å². The van der Waals surface area contributed by atoms with E-state index in [1.165, 1.54) is 0 Å². The molecule has 0 aliphatic carbocycles. The van der Waals surface area contributed by atoms with Crippen molar-refractivity contribution in [3.8, 4) is 0 Å². The van der Waals surface area contributed by atoms with E-state index in [4.69, 9.17) is 10.5 Å². The van der Waals surface area contributed by atoms with Crippen LogP contribution in [0.3, 0.4) is 0 Å². The first-order chi connectivity index (χ1) is 5.72. The molecule has 0 saturated carbocycles. The van der Waals surface area contributed by atoms with Gasteiger partial charge in [0.2, 0.25) is 5.91 Å². The summed E-state index contributed by atoms with van der Waals surface area (Å²) in [5.41, 5.74) is 5.26. The van der Waals surface area contributed by atoms with Gasteiger partial charge in [-0.05, 0) is 19.9 Å². The monoisotopic (exact) mass is 174 g/mol. The Bertz CT molecular complexity index is 128. The molecule has 0 rings (SSSR count). The lowest BCUT2D eigenvalue weighted by Gasteiger charge is -2.13. The number of nitrogens with two attached hydrogens (primary N) is 1. The van der Waals surface area contributed by atoms with Crippen LogP contribution in [0, 0.1) is 0 Å². The molecule has 4 nitrogen and oxygen atoms in total. The number of carbonyl (C=O) groups is 1. The minimum Gasteiger partial charge on any atom is -0.372 e. The molecule has 72 valence electrons. The lowest BCUT2D eigenvalue weighted by Crippen LogP contribution is -2.30. The largest absolute Gasteiger partial charge is 0.372 e. The Morgan fingerprint density at radius 3 is 2.75 bits per heavy atom. The lowest BCUT2D eigenvalue weighted by atomic mass is 10.4. The minimum atomic E-state index is 0.0227. The molecule has 0 aromatic rings. The SMILES string of the molecule is CCN(C)C(=O)COCCCN. The molecule has 0 fully saturated rings. The summed E-state index contributed by atoms with van der Waals surface area (Å²) in [5, 5.41) is 0. The van der Waals surface area contributed by atoms with Crippen LogP contribution in [0.25, 0.3) is 0 Å². The highest BCUT2D eigenvalue weighted by molar-refractivity contribution is 5.77. The van der Waals surface area contributed by atoms with Crippen molar-refractivity contribution < 1.29 is 9.53 Å². The Morgan fingerprint density at radius 2 is 2.25 bits per heavy atom. The van der Waals surface area contributed by atoms with Crippen LogP contribution in [0.2, 0.25) is 0 Å². The van der Waals surface area contributed by atoms with Gasteiger partial charge in [0, 0.05) is 20.2 Å². The average molecular weight is 174 g/mol. The van der Waals surface area contributed by atoms with Crippen LogP contribution < -0.4 is 5.73 Å². The highest BCUT2D eigenvalue weighted by Gasteiger charge is 2.04. The third kappa shape index (κ3) is 5.09. The zero-order chi connectivity index (χ0) is 9.40. The fourth-order valence-electron chi connectivity index (χ4n) is 0.631. The van der Waals surface area contributed by atoms with Gasteiger partial charge in [-0.25, -0.2) is 0 Å². The van der Waals surface area contributed by atoms with Gasteiger partial charge >= 0.3 is 0 Å². The smallest absolute Gasteiger partial charge is 0.248 e. The van der Waals surface area contributed by atoms with Gasteiger partial charge in [-0.1, -0.05) is 0 Å². The second-order valence-corrected chi connectivity index (χ2v) is 2.60. The van der Waals surface area contributed by atoms with Gasteiger partial charge in [0.05, 0.1) is 0 Å². The standard InChI is InChI=1S/C8H18N2O2/c1-3-10(2)8(11)7-12-6-4-5-9/h3-7,9H2,1-2H3. The molecule has 0 aliphatic heterocycles. The molecule has 0 bridgehead atoms. The van der Waals surface area contributed by atoms with E-state index in [0.717, 1.165) is 13.0 Å². The summed E-state index contributed by atoms with van der Waals surface area (Å²) in [6, 6.07) is 0. The molecule has 0 spiro atoms. The fraction of sp³-hybridized carbons (Fsp3) is 0.875. The number of hydrogen-bond donors (Lipinski definition) is 1.